The summed E-state index contributed by atoms with van der Waals surface area (Å²) in [7, 11) is 0. The van der Waals surface area contributed by atoms with E-state index >= 15 is 0 Å². The van der Waals surface area contributed by atoms with Gasteiger partial charge in [-0.15, -0.1) is 0 Å². The molecule has 3 rings (SSSR count). The Hall–Kier alpha value is -2.82. The highest BCUT2D eigenvalue weighted by molar-refractivity contribution is 5.76. The van der Waals surface area contributed by atoms with Crippen molar-refractivity contribution in [3.8, 4) is 5.75 Å². The largest absolute Gasteiger partial charge is 0.493 e. The van der Waals surface area contributed by atoms with Crippen molar-refractivity contribution in [2.75, 3.05) is 13.2 Å². The fraction of sp³-hybridized carbons (Fsp3) is 0.462. The number of nitrogens with one attached hydrogen (secondary N) is 1. The van der Waals surface area contributed by atoms with E-state index in [-0.39, 0.29) is 5.91 Å². The Labute approximate surface area is 185 Å². The third kappa shape index (κ3) is 6.33. The van der Waals surface area contributed by atoms with Crippen LogP contribution in [0.25, 0.3) is 11.0 Å². The predicted molar refractivity (Wildman–Crippen MR) is 127 cm³/mol. The van der Waals surface area contributed by atoms with E-state index in [0.29, 0.717) is 25.5 Å². The minimum absolute atomic E-state index is 0.134. The van der Waals surface area contributed by atoms with Crippen molar-refractivity contribution in [2.45, 2.75) is 65.3 Å². The second kappa shape index (κ2) is 11.5. The fourth-order valence-electron chi connectivity index (χ4n) is 3.85. The summed E-state index contributed by atoms with van der Waals surface area (Å²) >= 11 is 0. The molecule has 3 aromatic rings. The first-order valence-electron chi connectivity index (χ1n) is 11.5. The molecule has 0 aliphatic rings. The Morgan fingerprint density at radius 1 is 1.10 bits per heavy atom. The molecule has 31 heavy (non-hydrogen) atoms. The molecule has 5 heteroatoms. The molecule has 2 aromatic carbocycles. The number of fused-ring (bicyclic) bond motifs is 1. The quantitative estimate of drug-likeness (QED) is 0.394. The molecule has 5 nitrogen and oxygen atoms in total. The first kappa shape index (κ1) is 22.9. The van der Waals surface area contributed by atoms with Crippen LogP contribution in [0, 0.1) is 0 Å². The van der Waals surface area contributed by atoms with Crippen molar-refractivity contribution in [2.24, 2.45) is 0 Å². The van der Waals surface area contributed by atoms with Gasteiger partial charge < -0.3 is 14.6 Å². The van der Waals surface area contributed by atoms with Crippen molar-refractivity contribution < 1.29 is 9.53 Å². The van der Waals surface area contributed by atoms with Crippen molar-refractivity contribution >= 4 is 16.9 Å². The summed E-state index contributed by atoms with van der Waals surface area (Å²) in [6.45, 7) is 8.63. The second-order valence-corrected chi connectivity index (χ2v) is 8.27. The third-order valence-electron chi connectivity index (χ3n) is 5.43. The molecular formula is C26H35N3O2. The lowest BCUT2D eigenvalue weighted by molar-refractivity contribution is -0.121. The van der Waals surface area contributed by atoms with Crippen LogP contribution in [0.3, 0.4) is 0 Å². The first-order chi connectivity index (χ1) is 15.1. The van der Waals surface area contributed by atoms with E-state index in [0.717, 1.165) is 54.8 Å². The van der Waals surface area contributed by atoms with Gasteiger partial charge in [-0.05, 0) is 48.9 Å². The molecule has 0 fully saturated rings. The highest BCUT2D eigenvalue weighted by Gasteiger charge is 2.11. The summed E-state index contributed by atoms with van der Waals surface area (Å²) in [5.74, 6) is 2.64. The zero-order chi connectivity index (χ0) is 22.1. The van der Waals surface area contributed by atoms with Gasteiger partial charge in [0.25, 0.3) is 0 Å². The molecule has 166 valence electrons. The molecule has 0 saturated heterocycles. The summed E-state index contributed by atoms with van der Waals surface area (Å²) in [5.41, 5.74) is 3.44. The Balaban J connectivity index is 1.59. The number of hydrogen-bond acceptors (Lipinski definition) is 3. The van der Waals surface area contributed by atoms with Crippen LogP contribution in [0.15, 0.2) is 48.5 Å². The molecule has 1 aromatic heterocycles. The zero-order valence-electron chi connectivity index (χ0n) is 19.1. The molecule has 0 spiro atoms. The molecule has 0 aliphatic heterocycles. The van der Waals surface area contributed by atoms with Gasteiger partial charge in [0, 0.05) is 25.9 Å². The number of aromatic nitrogens is 2. The van der Waals surface area contributed by atoms with Crippen molar-refractivity contribution in [3.63, 3.8) is 0 Å². The third-order valence-corrected chi connectivity index (χ3v) is 5.43. The second-order valence-electron chi connectivity index (χ2n) is 8.27. The van der Waals surface area contributed by atoms with Gasteiger partial charge in [0.15, 0.2) is 0 Å². The van der Waals surface area contributed by atoms with Gasteiger partial charge in [-0.2, -0.15) is 0 Å². The zero-order valence-corrected chi connectivity index (χ0v) is 19.1. The van der Waals surface area contributed by atoms with Crippen LogP contribution in [-0.4, -0.2) is 28.6 Å². The van der Waals surface area contributed by atoms with E-state index in [2.05, 4.69) is 60.1 Å². The molecule has 0 radical (unpaired) electrons. The summed E-state index contributed by atoms with van der Waals surface area (Å²) < 4.78 is 8.42. The average Bonchev–Trinajstić information content (AvgIpc) is 3.12. The van der Waals surface area contributed by atoms with Gasteiger partial charge in [0.2, 0.25) is 5.91 Å². The maximum absolute atomic E-state index is 11.7. The Kier molecular flexibility index (Phi) is 8.51. The number of imidazole rings is 1. The van der Waals surface area contributed by atoms with Crippen LogP contribution in [0.4, 0.5) is 0 Å². The normalized spacial score (nSPS) is 11.2. The SMILES string of the molecule is CCCC(=O)NCCCc1nc2ccccc2n1CCCOc1ccccc1C(C)C. The molecule has 1 N–H and O–H groups in total. The maximum atomic E-state index is 11.7. The number of hydrogen-bond donors (Lipinski definition) is 1. The van der Waals surface area contributed by atoms with Gasteiger partial charge in [-0.25, -0.2) is 4.98 Å². The Morgan fingerprint density at radius 2 is 1.87 bits per heavy atom. The molecule has 1 heterocycles. The standard InChI is InChI=1S/C26H35N3O2/c1-4-11-26(30)27-17-9-16-25-28-22-13-6-7-14-23(22)29(25)18-10-19-31-24-15-8-5-12-21(24)20(2)3/h5-8,12-15,20H,4,9-11,16-19H2,1-3H3,(H,27,30). The number of aryl methyl sites for hydroxylation is 2. The van der Waals surface area contributed by atoms with Gasteiger partial charge in [0.1, 0.15) is 11.6 Å². The van der Waals surface area contributed by atoms with Gasteiger partial charge >= 0.3 is 0 Å². The van der Waals surface area contributed by atoms with E-state index in [9.17, 15) is 4.79 Å². The van der Waals surface area contributed by atoms with Crippen LogP contribution in [0.2, 0.25) is 0 Å². The van der Waals surface area contributed by atoms with Crippen LogP contribution in [0.1, 0.15) is 63.8 Å². The van der Waals surface area contributed by atoms with E-state index < -0.39 is 0 Å². The van der Waals surface area contributed by atoms with Crippen LogP contribution in [0.5, 0.6) is 5.75 Å². The molecule has 1 amide bonds. The van der Waals surface area contributed by atoms with Gasteiger partial charge in [0.05, 0.1) is 17.6 Å². The number of rotatable bonds is 12. The van der Waals surface area contributed by atoms with E-state index in [1.807, 2.05) is 19.1 Å². The first-order valence-corrected chi connectivity index (χ1v) is 11.5. The fourth-order valence-corrected chi connectivity index (χ4v) is 3.85. The minimum Gasteiger partial charge on any atom is -0.493 e. The molecule has 0 aliphatic carbocycles. The van der Waals surface area contributed by atoms with E-state index in [1.54, 1.807) is 0 Å². The lowest BCUT2D eigenvalue weighted by Gasteiger charge is -2.14. The Morgan fingerprint density at radius 3 is 2.68 bits per heavy atom. The number of carbonyl (C=O) groups excluding carboxylic acids is 1. The molecule has 0 unspecified atom stereocenters. The number of amides is 1. The molecule has 0 atom stereocenters. The summed E-state index contributed by atoms with van der Waals surface area (Å²) in [6.07, 6.45) is 4.12. The number of ether oxygens (including phenoxy) is 1. The summed E-state index contributed by atoms with van der Waals surface area (Å²) in [4.78, 5) is 16.5. The number of carbonyl (C=O) groups is 1. The molecule has 0 bridgehead atoms. The number of para-hydroxylation sites is 3. The molecule has 0 saturated carbocycles. The lowest BCUT2D eigenvalue weighted by atomic mass is 10.0. The van der Waals surface area contributed by atoms with Gasteiger partial charge in [-0.3, -0.25) is 4.79 Å². The number of benzene rings is 2. The smallest absolute Gasteiger partial charge is 0.219 e. The number of nitrogens with zero attached hydrogens (tertiary/aromatic N) is 2. The maximum Gasteiger partial charge on any atom is 0.219 e. The van der Waals surface area contributed by atoms with Crippen molar-refractivity contribution in [1.29, 1.82) is 0 Å². The van der Waals surface area contributed by atoms with E-state index in [4.69, 9.17) is 9.72 Å². The Bertz CT molecular complexity index is 978. The van der Waals surface area contributed by atoms with Crippen LogP contribution in [-0.2, 0) is 17.8 Å². The average molecular weight is 422 g/mol. The monoisotopic (exact) mass is 421 g/mol. The predicted octanol–water partition coefficient (Wildman–Crippen LogP) is 5.48. The summed E-state index contributed by atoms with van der Waals surface area (Å²) in [6, 6.07) is 16.6. The summed E-state index contributed by atoms with van der Waals surface area (Å²) in [5, 5.41) is 3.00. The van der Waals surface area contributed by atoms with Crippen molar-refractivity contribution in [3.05, 3.63) is 59.9 Å². The van der Waals surface area contributed by atoms with Crippen LogP contribution >= 0.6 is 0 Å². The lowest BCUT2D eigenvalue weighted by Crippen LogP contribution is -2.24. The van der Waals surface area contributed by atoms with Gasteiger partial charge in [-0.1, -0.05) is 51.1 Å². The van der Waals surface area contributed by atoms with Crippen LogP contribution < -0.4 is 10.1 Å². The van der Waals surface area contributed by atoms with Crippen molar-refractivity contribution in [1.82, 2.24) is 14.9 Å². The highest BCUT2D eigenvalue weighted by atomic mass is 16.5. The van der Waals surface area contributed by atoms with E-state index in [1.165, 1.54) is 5.56 Å². The molecular weight excluding hydrogens is 386 g/mol. The highest BCUT2D eigenvalue weighted by Crippen LogP contribution is 2.26. The topological polar surface area (TPSA) is 56.2 Å². The minimum atomic E-state index is 0.134.